The van der Waals surface area contributed by atoms with E-state index in [9.17, 15) is 5.26 Å². The van der Waals surface area contributed by atoms with Gasteiger partial charge >= 0.3 is 0 Å². The molecule has 0 bridgehead atoms. The minimum absolute atomic E-state index is 0.643. The first-order chi connectivity index (χ1) is 13.6. The molecule has 0 aliphatic heterocycles. The molecule has 0 saturated carbocycles. The Morgan fingerprint density at radius 2 is 1.93 bits per heavy atom. The highest BCUT2D eigenvalue weighted by molar-refractivity contribution is 9.10. The molecule has 0 aliphatic carbocycles. The lowest BCUT2D eigenvalue weighted by Crippen LogP contribution is -1.99. The van der Waals surface area contributed by atoms with Crippen molar-refractivity contribution in [2.24, 2.45) is 0 Å². The summed E-state index contributed by atoms with van der Waals surface area (Å²) in [4.78, 5) is 4.40. The minimum atomic E-state index is 0.643. The first kappa shape index (κ1) is 18.2. The highest BCUT2D eigenvalue weighted by Crippen LogP contribution is 2.27. The normalized spacial score (nSPS) is 11.6. The average Bonchev–Trinajstić information content (AvgIpc) is 2.98. The molecule has 4 rings (SSSR count). The number of nitriles is 1. The Morgan fingerprint density at radius 3 is 2.71 bits per heavy atom. The standard InChI is InChI=1S/C24H18BrN3/c1-16-11-20(12-21(15-26)18-5-3-7-22(25)13-18)17(2)28(16)23-8-9-24-19(14-23)6-4-10-27-24/h3-14H,1-2H3/b21-12-. The lowest BCUT2D eigenvalue weighted by Gasteiger charge is -2.11. The van der Waals surface area contributed by atoms with Gasteiger partial charge in [-0.3, -0.25) is 4.98 Å². The zero-order valence-corrected chi connectivity index (χ0v) is 17.2. The van der Waals surface area contributed by atoms with Crippen LogP contribution < -0.4 is 0 Å². The third kappa shape index (κ3) is 3.37. The molecule has 0 amide bonds. The molecule has 2 aromatic heterocycles. The SMILES string of the molecule is Cc1cc(/C=C(/C#N)c2cccc(Br)c2)c(C)n1-c1ccc2ncccc2c1. The van der Waals surface area contributed by atoms with Crippen molar-refractivity contribution in [3.05, 3.63) is 93.8 Å². The van der Waals surface area contributed by atoms with E-state index >= 15 is 0 Å². The van der Waals surface area contributed by atoms with Crippen molar-refractivity contribution in [2.75, 3.05) is 0 Å². The predicted molar refractivity (Wildman–Crippen MR) is 118 cm³/mol. The van der Waals surface area contributed by atoms with E-state index in [4.69, 9.17) is 0 Å². The third-order valence-corrected chi connectivity index (χ3v) is 5.36. The second-order valence-electron chi connectivity index (χ2n) is 6.72. The van der Waals surface area contributed by atoms with E-state index in [2.05, 4.69) is 69.7 Å². The van der Waals surface area contributed by atoms with Crippen LogP contribution in [0.3, 0.4) is 0 Å². The van der Waals surface area contributed by atoms with Crippen LogP contribution in [0.1, 0.15) is 22.5 Å². The summed E-state index contributed by atoms with van der Waals surface area (Å²) in [5, 5.41) is 10.8. The van der Waals surface area contributed by atoms with Crippen molar-refractivity contribution in [3.8, 4) is 11.8 Å². The van der Waals surface area contributed by atoms with Crippen LogP contribution in [0.15, 0.2) is 71.3 Å². The first-order valence-corrected chi connectivity index (χ1v) is 9.78. The zero-order chi connectivity index (χ0) is 19.7. The van der Waals surface area contributed by atoms with Gasteiger partial charge < -0.3 is 4.57 Å². The van der Waals surface area contributed by atoms with Crippen molar-refractivity contribution in [1.82, 2.24) is 9.55 Å². The highest BCUT2D eigenvalue weighted by atomic mass is 79.9. The molecule has 0 aliphatic rings. The van der Waals surface area contributed by atoms with Gasteiger partial charge in [0.25, 0.3) is 0 Å². The number of fused-ring (bicyclic) bond motifs is 1. The number of benzene rings is 2. The summed E-state index contributed by atoms with van der Waals surface area (Å²) in [5.74, 6) is 0. The second kappa shape index (κ2) is 7.46. The number of nitrogens with zero attached hydrogens (tertiary/aromatic N) is 3. The summed E-state index contributed by atoms with van der Waals surface area (Å²) in [5.41, 5.74) is 6.89. The van der Waals surface area contributed by atoms with Gasteiger partial charge in [-0.2, -0.15) is 5.26 Å². The van der Waals surface area contributed by atoms with Gasteiger partial charge in [-0.15, -0.1) is 0 Å². The van der Waals surface area contributed by atoms with Crippen molar-refractivity contribution >= 4 is 38.5 Å². The van der Waals surface area contributed by atoms with Gasteiger partial charge in [0.1, 0.15) is 0 Å². The fourth-order valence-electron chi connectivity index (χ4n) is 3.52. The van der Waals surface area contributed by atoms with E-state index in [1.54, 1.807) is 0 Å². The molecular formula is C24H18BrN3. The van der Waals surface area contributed by atoms with Crippen LogP contribution in [0.4, 0.5) is 0 Å². The highest BCUT2D eigenvalue weighted by Gasteiger charge is 2.11. The van der Waals surface area contributed by atoms with Gasteiger partial charge in [-0.05, 0) is 73.5 Å². The number of pyridine rings is 1. The maximum absolute atomic E-state index is 9.69. The van der Waals surface area contributed by atoms with E-state index in [0.29, 0.717) is 5.57 Å². The van der Waals surface area contributed by atoms with E-state index in [1.165, 1.54) is 0 Å². The fourth-order valence-corrected chi connectivity index (χ4v) is 3.92. The topological polar surface area (TPSA) is 41.6 Å². The fraction of sp³-hybridized carbons (Fsp3) is 0.0833. The molecule has 0 radical (unpaired) electrons. The molecule has 0 unspecified atom stereocenters. The van der Waals surface area contributed by atoms with E-state index in [0.717, 1.165) is 43.6 Å². The summed E-state index contributed by atoms with van der Waals surface area (Å²) in [6.07, 6.45) is 3.77. The molecule has 28 heavy (non-hydrogen) atoms. The number of allylic oxidation sites excluding steroid dienone is 1. The molecule has 136 valence electrons. The molecule has 0 N–H and O–H groups in total. The average molecular weight is 428 g/mol. The van der Waals surface area contributed by atoms with Crippen LogP contribution >= 0.6 is 15.9 Å². The number of rotatable bonds is 3. The van der Waals surface area contributed by atoms with Gasteiger partial charge in [0.05, 0.1) is 17.2 Å². The Kier molecular flexibility index (Phi) is 4.85. The molecule has 2 heterocycles. The summed E-state index contributed by atoms with van der Waals surface area (Å²) in [6.45, 7) is 4.17. The summed E-state index contributed by atoms with van der Waals surface area (Å²) >= 11 is 3.48. The molecule has 0 atom stereocenters. The Morgan fingerprint density at radius 1 is 1.07 bits per heavy atom. The molecule has 2 aromatic carbocycles. The smallest absolute Gasteiger partial charge is 0.0998 e. The molecule has 0 saturated heterocycles. The number of hydrogen-bond acceptors (Lipinski definition) is 2. The largest absolute Gasteiger partial charge is 0.318 e. The lowest BCUT2D eigenvalue weighted by atomic mass is 10.0. The van der Waals surface area contributed by atoms with Crippen molar-refractivity contribution in [1.29, 1.82) is 5.26 Å². The molecule has 4 aromatic rings. The first-order valence-electron chi connectivity index (χ1n) is 8.98. The molecule has 0 spiro atoms. The summed E-state index contributed by atoms with van der Waals surface area (Å²) < 4.78 is 3.18. The van der Waals surface area contributed by atoms with Crippen LogP contribution in [0.25, 0.3) is 28.2 Å². The third-order valence-electron chi connectivity index (χ3n) is 4.87. The van der Waals surface area contributed by atoms with Gasteiger partial charge in [0.2, 0.25) is 0 Å². The van der Waals surface area contributed by atoms with Crippen LogP contribution in [0, 0.1) is 25.2 Å². The van der Waals surface area contributed by atoms with Crippen molar-refractivity contribution in [3.63, 3.8) is 0 Å². The molecule has 3 nitrogen and oxygen atoms in total. The van der Waals surface area contributed by atoms with Gasteiger partial charge in [0, 0.05) is 33.1 Å². The van der Waals surface area contributed by atoms with E-state index < -0.39 is 0 Å². The maximum Gasteiger partial charge on any atom is 0.0998 e. The van der Waals surface area contributed by atoms with Gasteiger partial charge in [-0.25, -0.2) is 0 Å². The quantitative estimate of drug-likeness (QED) is 0.351. The maximum atomic E-state index is 9.69. The minimum Gasteiger partial charge on any atom is -0.318 e. The molecule has 4 heteroatoms. The van der Waals surface area contributed by atoms with Crippen molar-refractivity contribution in [2.45, 2.75) is 13.8 Å². The Bertz CT molecular complexity index is 1260. The number of aryl methyl sites for hydroxylation is 1. The number of hydrogen-bond donors (Lipinski definition) is 0. The number of aromatic nitrogens is 2. The molecule has 0 fully saturated rings. The summed E-state index contributed by atoms with van der Waals surface area (Å²) in [7, 11) is 0. The van der Waals surface area contributed by atoms with Crippen LogP contribution in [0.2, 0.25) is 0 Å². The van der Waals surface area contributed by atoms with Crippen LogP contribution in [-0.2, 0) is 0 Å². The zero-order valence-electron chi connectivity index (χ0n) is 15.6. The second-order valence-corrected chi connectivity index (χ2v) is 7.64. The van der Waals surface area contributed by atoms with E-state index in [-0.39, 0.29) is 0 Å². The number of halogens is 1. The Balaban J connectivity index is 1.81. The van der Waals surface area contributed by atoms with Crippen LogP contribution in [0.5, 0.6) is 0 Å². The van der Waals surface area contributed by atoms with Crippen molar-refractivity contribution < 1.29 is 0 Å². The Hall–Kier alpha value is -3.16. The van der Waals surface area contributed by atoms with Gasteiger partial charge in [-0.1, -0.05) is 34.1 Å². The van der Waals surface area contributed by atoms with Crippen LogP contribution in [-0.4, -0.2) is 9.55 Å². The lowest BCUT2D eigenvalue weighted by molar-refractivity contribution is 0.966. The van der Waals surface area contributed by atoms with Gasteiger partial charge in [0.15, 0.2) is 0 Å². The Labute approximate surface area is 172 Å². The summed E-state index contributed by atoms with van der Waals surface area (Å²) in [6, 6.07) is 22.6. The molecular weight excluding hydrogens is 410 g/mol. The van der Waals surface area contributed by atoms with E-state index in [1.807, 2.05) is 48.7 Å². The monoisotopic (exact) mass is 427 g/mol. The predicted octanol–water partition coefficient (Wildman–Crippen LogP) is 6.47.